The molecule has 0 aliphatic heterocycles. The van der Waals surface area contributed by atoms with Crippen LogP contribution in [0.2, 0.25) is 0 Å². The van der Waals surface area contributed by atoms with Crippen molar-refractivity contribution in [2.24, 2.45) is 5.92 Å². The van der Waals surface area contributed by atoms with Crippen LogP contribution in [0.3, 0.4) is 0 Å². The van der Waals surface area contributed by atoms with E-state index in [2.05, 4.69) is 5.32 Å². The Morgan fingerprint density at radius 3 is 2.00 bits per heavy atom. The molecule has 2 N–H and O–H groups in total. The average Bonchev–Trinajstić information content (AvgIpc) is 2.34. The van der Waals surface area contributed by atoms with Gasteiger partial charge >= 0.3 is 5.97 Å². The second kappa shape index (κ2) is 6.14. The number of carboxylic acids is 1. The van der Waals surface area contributed by atoms with E-state index in [1.54, 1.807) is 32.4 Å². The fraction of sp³-hybridized carbons (Fsp3) is 0.462. The van der Waals surface area contributed by atoms with Crippen LogP contribution < -0.4 is 14.8 Å². The molecule has 5 nitrogen and oxygen atoms in total. The van der Waals surface area contributed by atoms with E-state index in [0.29, 0.717) is 17.2 Å². The predicted octanol–water partition coefficient (Wildman–Crippen LogP) is 2.22. The standard InChI is InChI=1S/C13H19NO4/c1-8(2)12(13(15)16)14-9-5-10(17-3)7-11(6-9)18-4/h5-8,12,14H,1-4H3,(H,15,16). The minimum Gasteiger partial charge on any atom is -0.497 e. The molecule has 1 unspecified atom stereocenters. The summed E-state index contributed by atoms with van der Waals surface area (Å²) in [4.78, 5) is 11.1. The minimum atomic E-state index is -0.883. The van der Waals surface area contributed by atoms with Crippen LogP contribution in [0.15, 0.2) is 18.2 Å². The molecule has 0 bridgehead atoms. The topological polar surface area (TPSA) is 67.8 Å². The highest BCUT2D eigenvalue weighted by Crippen LogP contribution is 2.26. The fourth-order valence-electron chi connectivity index (χ4n) is 1.58. The van der Waals surface area contributed by atoms with Gasteiger partial charge < -0.3 is 19.9 Å². The highest BCUT2D eigenvalue weighted by atomic mass is 16.5. The molecule has 1 aromatic rings. The maximum Gasteiger partial charge on any atom is 0.326 e. The lowest BCUT2D eigenvalue weighted by Gasteiger charge is -2.20. The van der Waals surface area contributed by atoms with Gasteiger partial charge in [0.1, 0.15) is 17.5 Å². The summed E-state index contributed by atoms with van der Waals surface area (Å²) in [5.74, 6) is 0.320. The number of methoxy groups -OCH3 is 2. The molecule has 0 radical (unpaired) electrons. The first-order valence-corrected chi connectivity index (χ1v) is 5.70. The number of hydrogen-bond acceptors (Lipinski definition) is 4. The molecule has 100 valence electrons. The van der Waals surface area contributed by atoms with Crippen molar-refractivity contribution in [3.63, 3.8) is 0 Å². The smallest absolute Gasteiger partial charge is 0.326 e. The largest absolute Gasteiger partial charge is 0.497 e. The molecule has 0 fully saturated rings. The molecule has 1 rings (SSSR count). The fourth-order valence-corrected chi connectivity index (χ4v) is 1.58. The van der Waals surface area contributed by atoms with E-state index < -0.39 is 12.0 Å². The number of aliphatic carboxylic acids is 1. The van der Waals surface area contributed by atoms with E-state index in [1.807, 2.05) is 13.8 Å². The molecular formula is C13H19NO4. The summed E-state index contributed by atoms with van der Waals surface area (Å²) in [5.41, 5.74) is 0.660. The van der Waals surface area contributed by atoms with Crippen LogP contribution in [0.25, 0.3) is 0 Å². The molecule has 0 heterocycles. The predicted molar refractivity (Wildman–Crippen MR) is 69.4 cm³/mol. The summed E-state index contributed by atoms with van der Waals surface area (Å²) in [7, 11) is 3.10. The Kier molecular flexibility index (Phi) is 4.83. The van der Waals surface area contributed by atoms with Gasteiger partial charge in [0.2, 0.25) is 0 Å². The van der Waals surface area contributed by atoms with Gasteiger partial charge in [-0.1, -0.05) is 13.8 Å². The number of benzene rings is 1. The van der Waals surface area contributed by atoms with Crippen LogP contribution in [0, 0.1) is 5.92 Å². The number of ether oxygens (including phenoxy) is 2. The van der Waals surface area contributed by atoms with Gasteiger partial charge in [-0.2, -0.15) is 0 Å². The molecule has 0 amide bonds. The first kappa shape index (κ1) is 14.2. The molecule has 0 aromatic heterocycles. The van der Waals surface area contributed by atoms with Gasteiger partial charge in [-0.05, 0) is 5.92 Å². The highest BCUT2D eigenvalue weighted by Gasteiger charge is 2.21. The van der Waals surface area contributed by atoms with Crippen LogP contribution in [0.5, 0.6) is 11.5 Å². The van der Waals surface area contributed by atoms with Gasteiger partial charge in [-0.3, -0.25) is 0 Å². The second-order valence-corrected chi connectivity index (χ2v) is 4.31. The lowest BCUT2D eigenvalue weighted by atomic mass is 10.0. The molecule has 0 aliphatic rings. The van der Waals surface area contributed by atoms with Gasteiger partial charge in [-0.15, -0.1) is 0 Å². The summed E-state index contributed by atoms with van der Waals surface area (Å²) in [5, 5.41) is 12.1. The maximum atomic E-state index is 11.1. The zero-order valence-corrected chi connectivity index (χ0v) is 11.1. The Labute approximate surface area is 107 Å². The normalized spacial score (nSPS) is 12.1. The summed E-state index contributed by atoms with van der Waals surface area (Å²) < 4.78 is 10.3. The van der Waals surface area contributed by atoms with Gasteiger partial charge in [0.15, 0.2) is 0 Å². The van der Waals surface area contributed by atoms with Crippen LogP contribution in [-0.4, -0.2) is 31.3 Å². The third-order valence-corrected chi connectivity index (χ3v) is 2.61. The van der Waals surface area contributed by atoms with E-state index >= 15 is 0 Å². The maximum absolute atomic E-state index is 11.1. The highest BCUT2D eigenvalue weighted by molar-refractivity contribution is 5.78. The third kappa shape index (κ3) is 3.55. The minimum absolute atomic E-state index is 0.0281. The number of nitrogens with one attached hydrogen (secondary N) is 1. The van der Waals surface area contributed by atoms with Crippen molar-refractivity contribution in [3.8, 4) is 11.5 Å². The summed E-state index contributed by atoms with van der Waals surface area (Å²) in [6, 6.07) is 4.56. The lowest BCUT2D eigenvalue weighted by Crippen LogP contribution is -2.34. The van der Waals surface area contributed by atoms with E-state index in [0.717, 1.165) is 0 Å². The molecular weight excluding hydrogens is 234 g/mol. The van der Waals surface area contributed by atoms with E-state index in [1.165, 1.54) is 0 Å². The monoisotopic (exact) mass is 253 g/mol. The Bertz CT molecular complexity index is 395. The molecule has 1 atom stereocenters. The van der Waals surface area contributed by atoms with Gasteiger partial charge in [0, 0.05) is 23.9 Å². The summed E-state index contributed by atoms with van der Waals surface area (Å²) in [6.45, 7) is 3.70. The third-order valence-electron chi connectivity index (χ3n) is 2.61. The molecule has 0 aliphatic carbocycles. The molecule has 18 heavy (non-hydrogen) atoms. The van der Waals surface area contributed by atoms with Crippen LogP contribution in [0.1, 0.15) is 13.8 Å². The van der Waals surface area contributed by atoms with Crippen molar-refractivity contribution in [2.75, 3.05) is 19.5 Å². The number of anilines is 1. The van der Waals surface area contributed by atoms with Crippen molar-refractivity contribution >= 4 is 11.7 Å². The van der Waals surface area contributed by atoms with E-state index in [4.69, 9.17) is 14.6 Å². The lowest BCUT2D eigenvalue weighted by molar-refractivity contribution is -0.138. The zero-order valence-electron chi connectivity index (χ0n) is 11.1. The Morgan fingerprint density at radius 1 is 1.17 bits per heavy atom. The number of rotatable bonds is 6. The van der Waals surface area contributed by atoms with E-state index in [9.17, 15) is 4.79 Å². The van der Waals surface area contributed by atoms with Crippen LogP contribution >= 0.6 is 0 Å². The van der Waals surface area contributed by atoms with Crippen molar-refractivity contribution in [1.29, 1.82) is 0 Å². The van der Waals surface area contributed by atoms with Gasteiger partial charge in [-0.25, -0.2) is 4.79 Å². The zero-order chi connectivity index (χ0) is 13.7. The van der Waals surface area contributed by atoms with Crippen molar-refractivity contribution < 1.29 is 19.4 Å². The Morgan fingerprint density at radius 2 is 1.67 bits per heavy atom. The molecule has 5 heteroatoms. The Hall–Kier alpha value is -1.91. The van der Waals surface area contributed by atoms with Crippen molar-refractivity contribution in [3.05, 3.63) is 18.2 Å². The molecule has 0 spiro atoms. The molecule has 1 aromatic carbocycles. The second-order valence-electron chi connectivity index (χ2n) is 4.31. The quantitative estimate of drug-likeness (QED) is 0.813. The summed E-state index contributed by atoms with van der Waals surface area (Å²) in [6.07, 6.45) is 0. The van der Waals surface area contributed by atoms with Crippen LogP contribution in [-0.2, 0) is 4.79 Å². The average molecular weight is 253 g/mol. The van der Waals surface area contributed by atoms with E-state index in [-0.39, 0.29) is 5.92 Å². The number of carbonyl (C=O) groups is 1. The molecule has 0 saturated carbocycles. The van der Waals surface area contributed by atoms with Crippen molar-refractivity contribution in [1.82, 2.24) is 0 Å². The number of carboxylic acid groups (broad SMARTS) is 1. The van der Waals surface area contributed by atoms with Gasteiger partial charge in [0.05, 0.1) is 14.2 Å². The van der Waals surface area contributed by atoms with Crippen LogP contribution in [0.4, 0.5) is 5.69 Å². The Balaban J connectivity index is 2.98. The van der Waals surface area contributed by atoms with Gasteiger partial charge in [0.25, 0.3) is 0 Å². The summed E-state index contributed by atoms with van der Waals surface area (Å²) >= 11 is 0. The SMILES string of the molecule is COc1cc(NC(C(=O)O)C(C)C)cc(OC)c1. The molecule has 0 saturated heterocycles. The number of hydrogen-bond donors (Lipinski definition) is 2. The first-order chi connectivity index (χ1) is 8.47. The van der Waals surface area contributed by atoms with Crippen molar-refractivity contribution in [2.45, 2.75) is 19.9 Å². The first-order valence-electron chi connectivity index (χ1n) is 5.70.